The summed E-state index contributed by atoms with van der Waals surface area (Å²) in [6.07, 6.45) is -10.9. The zero-order chi connectivity index (χ0) is 37.2. The van der Waals surface area contributed by atoms with Crippen LogP contribution in [0.15, 0.2) is 5.57 Å². The maximum Gasteiger partial charge on any atom is 0.356 e. The Morgan fingerprint density at radius 2 is 1.38 bits per heavy atom. The van der Waals surface area contributed by atoms with Gasteiger partial charge in [0.2, 0.25) is 12.0 Å². The van der Waals surface area contributed by atoms with Gasteiger partial charge in [-0.15, -0.1) is 0 Å². The number of aliphatic hydroxyl groups is 6. The van der Waals surface area contributed by atoms with Gasteiger partial charge in [-0.1, -0.05) is 36.7 Å². The van der Waals surface area contributed by atoms with E-state index in [2.05, 4.69) is 54.7 Å². The molecule has 0 amide bonds. The monoisotopic (exact) mass is 759 g/mol. The number of aliphatic hydroxyl groups excluding tert-OH is 5. The van der Waals surface area contributed by atoms with Crippen LogP contribution < -0.4 is 71.9 Å². The Kier molecular flexibility index (Phi) is 12.2. The Hall–Kier alpha value is -3.75. The van der Waals surface area contributed by atoms with E-state index >= 15 is 0 Å². The van der Waals surface area contributed by atoms with Crippen molar-refractivity contribution in [3.63, 3.8) is 0 Å². The number of carbonyl (C=O) groups is 2. The lowest BCUT2D eigenvalue weighted by atomic mass is 9.72. The molecule has 23 nitrogen and oxygen atoms in total. The van der Waals surface area contributed by atoms with E-state index in [-0.39, 0.29) is 55.8 Å². The average Bonchev–Trinajstić information content (AvgIpc) is 3.09. The summed E-state index contributed by atoms with van der Waals surface area (Å²) >= 11 is 15.4. The third-order valence-electron chi connectivity index (χ3n) is 7.74. The smallest absolute Gasteiger partial charge is 0.356 e. The van der Waals surface area contributed by atoms with Gasteiger partial charge in [-0.2, -0.15) is 33.1 Å². The second-order valence-electron chi connectivity index (χ2n) is 10.6. The lowest BCUT2D eigenvalue weighted by molar-refractivity contribution is -0.154. The summed E-state index contributed by atoms with van der Waals surface area (Å²) in [6, 6.07) is -1.84. The molecule has 7 unspecified atom stereocenters. The fourth-order valence-corrected chi connectivity index (χ4v) is 6.15. The molecule has 0 bridgehead atoms. The number of nitrogens with one attached hydrogen (secondary N) is 10. The van der Waals surface area contributed by atoms with Gasteiger partial charge in [-0.05, 0) is 16.7 Å². The molecule has 2 aromatic rings. The standard InChI is InChI=1S/C24H33N13O10S3/c25-12-5(2-49)4(1-48)6-7-8(16(14(27)13(26)10(7)12)29-30-21(42)22(43)44)9-11(15(6)28-24(47,3-50)23(45)46)18(39)20(41)32-34-36-37-35-33-31-19(40)17(9)38/h1-3,15,17-21,28-42,47H,25-27H2,(H,43,44)(H,45,46). The summed E-state index contributed by atoms with van der Waals surface area (Å²) < 4.78 is 0. The van der Waals surface area contributed by atoms with E-state index in [0.717, 1.165) is 10.7 Å². The number of fused-ring (bicyclic) bond motifs is 1. The predicted molar refractivity (Wildman–Crippen MR) is 188 cm³/mol. The molecule has 4 rings (SSSR count). The van der Waals surface area contributed by atoms with Crippen molar-refractivity contribution in [2.45, 2.75) is 42.7 Å². The van der Waals surface area contributed by atoms with Crippen LogP contribution in [-0.2, 0) is 9.59 Å². The van der Waals surface area contributed by atoms with Crippen LogP contribution in [0.1, 0.15) is 28.3 Å². The first-order valence-electron chi connectivity index (χ1n) is 13.8. The first kappa shape index (κ1) is 39.0. The van der Waals surface area contributed by atoms with Gasteiger partial charge in [-0.3, -0.25) is 5.32 Å². The molecule has 0 fully saturated rings. The summed E-state index contributed by atoms with van der Waals surface area (Å²) in [5.41, 5.74) is 34.3. The van der Waals surface area contributed by atoms with Gasteiger partial charge in [0.1, 0.15) is 24.7 Å². The van der Waals surface area contributed by atoms with E-state index in [0.29, 0.717) is 5.37 Å². The molecule has 272 valence electrons. The normalized spacial score (nSPS) is 24.8. The van der Waals surface area contributed by atoms with Crippen molar-refractivity contribution in [1.29, 1.82) is 0 Å². The zero-order valence-corrected chi connectivity index (χ0v) is 27.5. The van der Waals surface area contributed by atoms with E-state index in [1.165, 1.54) is 0 Å². The van der Waals surface area contributed by atoms with E-state index in [1.807, 2.05) is 0 Å². The highest BCUT2D eigenvalue weighted by Gasteiger charge is 2.47. The quantitative estimate of drug-likeness (QED) is 0.0463. The van der Waals surface area contributed by atoms with Crippen LogP contribution in [0.4, 0.5) is 22.7 Å². The van der Waals surface area contributed by atoms with E-state index in [4.69, 9.17) is 53.9 Å². The highest BCUT2D eigenvalue weighted by molar-refractivity contribution is 7.80. The van der Waals surface area contributed by atoms with Gasteiger partial charge in [0.25, 0.3) is 0 Å². The number of carboxylic acid groups (broad SMARTS) is 2. The van der Waals surface area contributed by atoms with Gasteiger partial charge in [0.15, 0.2) is 0 Å². The third-order valence-corrected chi connectivity index (χ3v) is 8.55. The summed E-state index contributed by atoms with van der Waals surface area (Å²) in [5.74, 6) is -3.67. The molecule has 24 N–H and O–H groups in total. The summed E-state index contributed by atoms with van der Waals surface area (Å²) in [4.78, 5) is 23.9. The lowest BCUT2D eigenvalue weighted by Crippen LogP contribution is -2.64. The molecular formula is C24H33N13O10S3. The van der Waals surface area contributed by atoms with Gasteiger partial charge >= 0.3 is 11.9 Å². The molecule has 0 aromatic heterocycles. The van der Waals surface area contributed by atoms with Gasteiger partial charge in [0, 0.05) is 43.6 Å². The van der Waals surface area contributed by atoms with Crippen LogP contribution in [-0.4, -0.2) is 106 Å². The summed E-state index contributed by atoms with van der Waals surface area (Å²) in [7, 11) is 0. The van der Waals surface area contributed by atoms with Gasteiger partial charge in [0.05, 0.1) is 28.8 Å². The van der Waals surface area contributed by atoms with Crippen LogP contribution in [0.2, 0.25) is 0 Å². The maximum absolute atomic E-state index is 12.4. The van der Waals surface area contributed by atoms with Crippen LogP contribution in [0, 0.1) is 0 Å². The van der Waals surface area contributed by atoms with Crippen molar-refractivity contribution >= 4 is 104 Å². The van der Waals surface area contributed by atoms with Crippen molar-refractivity contribution in [2.75, 3.05) is 22.6 Å². The Balaban J connectivity index is 2.33. The van der Waals surface area contributed by atoms with Crippen LogP contribution in [0.5, 0.6) is 0 Å². The van der Waals surface area contributed by atoms with Crippen LogP contribution in [0.25, 0.3) is 16.3 Å². The highest BCUT2D eigenvalue weighted by atomic mass is 32.1. The van der Waals surface area contributed by atoms with Gasteiger partial charge < -0.3 is 63.5 Å². The predicted octanol–water partition coefficient (Wildman–Crippen LogP) is -6.24. The molecule has 0 saturated heterocycles. The SMILES string of the molecule is Nc1c(NNC(O)C(=O)O)c2c3c(c(C=S)c(C=S)c(N)c3c1N)C(NC(O)(C=S)C(=O)O)C1=C2C(O)C(O)NNNNNNNC(O)C1O. The lowest BCUT2D eigenvalue weighted by Gasteiger charge is -2.41. The largest absolute Gasteiger partial charge is 0.478 e. The number of nitrogens with two attached hydrogens (primary N) is 3. The minimum absolute atomic E-state index is 0.0170. The number of carboxylic acids is 2. The Bertz CT molecular complexity index is 1770. The number of benzene rings is 2. The van der Waals surface area contributed by atoms with Crippen molar-refractivity contribution in [3.8, 4) is 0 Å². The molecular weight excluding hydrogens is 727 g/mol. The number of thiocarbonyl (C=S) groups is 3. The average molecular weight is 760 g/mol. The summed E-state index contributed by atoms with van der Waals surface area (Å²) in [6.45, 7) is 0. The zero-order valence-electron chi connectivity index (χ0n) is 25.0. The van der Waals surface area contributed by atoms with E-state index in [9.17, 15) is 50.4 Å². The van der Waals surface area contributed by atoms with E-state index < -0.39 is 65.7 Å². The fourth-order valence-electron chi connectivity index (χ4n) is 5.47. The number of anilines is 4. The molecule has 0 radical (unpaired) electrons. The van der Waals surface area contributed by atoms with Crippen LogP contribution >= 0.6 is 36.7 Å². The molecule has 2 aromatic carbocycles. The molecule has 50 heavy (non-hydrogen) atoms. The topological polar surface area (TPSA) is 394 Å². The number of hydrogen-bond donors (Lipinski definition) is 21. The molecule has 26 heteroatoms. The Labute approximate surface area is 296 Å². The molecule has 7 atom stereocenters. The number of aliphatic carboxylic acids is 2. The Morgan fingerprint density at radius 3 is 1.90 bits per heavy atom. The molecule has 1 aliphatic heterocycles. The van der Waals surface area contributed by atoms with E-state index in [1.54, 1.807) is 0 Å². The van der Waals surface area contributed by atoms with Crippen molar-refractivity contribution in [1.82, 2.24) is 49.3 Å². The van der Waals surface area contributed by atoms with Crippen molar-refractivity contribution < 1.29 is 50.4 Å². The maximum atomic E-state index is 12.4. The van der Waals surface area contributed by atoms with Crippen LogP contribution in [0.3, 0.4) is 0 Å². The second kappa shape index (κ2) is 15.6. The highest BCUT2D eigenvalue weighted by Crippen LogP contribution is 2.55. The fraction of sp³-hybridized carbons (Fsp3) is 0.292. The number of hydrogen-bond acceptors (Lipinski definition) is 24. The number of nitrogen functional groups attached to an aromatic ring is 3. The Morgan fingerprint density at radius 1 is 0.820 bits per heavy atom. The molecule has 0 saturated carbocycles. The molecule has 2 aliphatic rings. The molecule has 1 heterocycles. The van der Waals surface area contributed by atoms with Crippen molar-refractivity contribution in [2.24, 2.45) is 0 Å². The molecule has 0 spiro atoms. The first-order valence-corrected chi connectivity index (χ1v) is 15.2. The second-order valence-corrected chi connectivity index (χ2v) is 11.3. The molecule has 1 aliphatic carbocycles. The number of rotatable bonds is 10. The summed E-state index contributed by atoms with van der Waals surface area (Å²) in [5, 5.41) is 91.4. The van der Waals surface area contributed by atoms with Gasteiger partial charge in [-0.25, -0.2) is 20.4 Å². The minimum atomic E-state index is -3.08. The number of hydrazine groups is 7. The first-order chi connectivity index (χ1) is 23.6. The minimum Gasteiger partial charge on any atom is -0.478 e. The third kappa shape index (κ3) is 6.93. The van der Waals surface area contributed by atoms with Crippen molar-refractivity contribution in [3.05, 3.63) is 27.8 Å².